The standard InChI is InChI=1S/C18H14Br2N2O4/c1-24-15-6-10(5-13(20)17(15)25-2)9-21-22-18(23)16-8-11-7-12(19)3-4-14(11)26-16/h3-9H,1-2H3,(H,22,23)/b21-9-. The lowest BCUT2D eigenvalue weighted by molar-refractivity contribution is 0.0929. The molecule has 0 spiro atoms. The first-order valence-electron chi connectivity index (χ1n) is 7.46. The number of nitrogens with one attached hydrogen (secondary N) is 1. The highest BCUT2D eigenvalue weighted by Crippen LogP contribution is 2.35. The molecule has 3 aromatic rings. The molecular formula is C18H14Br2N2O4. The Balaban J connectivity index is 1.75. The minimum atomic E-state index is -0.437. The van der Waals surface area contributed by atoms with Crippen LogP contribution in [0.1, 0.15) is 16.1 Å². The van der Waals surface area contributed by atoms with Crippen LogP contribution in [-0.2, 0) is 0 Å². The third-order valence-electron chi connectivity index (χ3n) is 3.54. The van der Waals surface area contributed by atoms with Crippen molar-refractivity contribution in [1.29, 1.82) is 0 Å². The van der Waals surface area contributed by atoms with Crippen LogP contribution in [0.5, 0.6) is 11.5 Å². The number of benzene rings is 2. The smallest absolute Gasteiger partial charge is 0.307 e. The van der Waals surface area contributed by atoms with Crippen LogP contribution in [0.4, 0.5) is 0 Å². The molecule has 0 saturated carbocycles. The highest BCUT2D eigenvalue weighted by atomic mass is 79.9. The van der Waals surface area contributed by atoms with Gasteiger partial charge >= 0.3 is 5.91 Å². The molecule has 0 aliphatic rings. The van der Waals surface area contributed by atoms with E-state index in [9.17, 15) is 4.79 Å². The van der Waals surface area contributed by atoms with Gasteiger partial charge in [-0.3, -0.25) is 4.79 Å². The Morgan fingerprint density at radius 1 is 1.15 bits per heavy atom. The molecular weight excluding hydrogens is 468 g/mol. The third kappa shape index (κ3) is 3.91. The first-order chi connectivity index (χ1) is 12.5. The van der Waals surface area contributed by atoms with Crippen molar-refractivity contribution >= 4 is 55.0 Å². The monoisotopic (exact) mass is 480 g/mol. The molecule has 6 nitrogen and oxygen atoms in total. The molecule has 8 heteroatoms. The van der Waals surface area contributed by atoms with Crippen molar-refractivity contribution in [3.8, 4) is 11.5 Å². The number of hydrogen-bond donors (Lipinski definition) is 1. The zero-order valence-electron chi connectivity index (χ0n) is 13.9. The van der Waals surface area contributed by atoms with Crippen molar-refractivity contribution in [2.75, 3.05) is 14.2 Å². The van der Waals surface area contributed by atoms with Crippen molar-refractivity contribution in [2.45, 2.75) is 0 Å². The number of hydrazone groups is 1. The van der Waals surface area contributed by atoms with Gasteiger partial charge in [-0.05, 0) is 57.9 Å². The normalized spacial score (nSPS) is 11.1. The Morgan fingerprint density at radius 2 is 1.96 bits per heavy atom. The molecule has 0 atom stereocenters. The SMILES string of the molecule is COc1cc(/C=N\NC(=O)c2cc3cc(Br)ccc3o2)cc(Br)c1OC. The Morgan fingerprint density at radius 3 is 2.69 bits per heavy atom. The number of fused-ring (bicyclic) bond motifs is 1. The molecule has 0 aliphatic heterocycles. The number of carbonyl (C=O) groups excluding carboxylic acids is 1. The number of amides is 1. The number of halogens is 2. The maximum Gasteiger partial charge on any atom is 0.307 e. The fraction of sp³-hybridized carbons (Fsp3) is 0.111. The highest BCUT2D eigenvalue weighted by molar-refractivity contribution is 9.10. The molecule has 3 rings (SSSR count). The first kappa shape index (κ1) is 18.5. The average molecular weight is 482 g/mol. The highest BCUT2D eigenvalue weighted by Gasteiger charge is 2.12. The molecule has 26 heavy (non-hydrogen) atoms. The summed E-state index contributed by atoms with van der Waals surface area (Å²) in [5.41, 5.74) is 3.80. The van der Waals surface area contributed by atoms with Crippen LogP contribution in [0.3, 0.4) is 0 Å². The number of methoxy groups -OCH3 is 2. The molecule has 1 amide bonds. The topological polar surface area (TPSA) is 73.1 Å². The van der Waals surface area contributed by atoms with E-state index < -0.39 is 5.91 Å². The third-order valence-corrected chi connectivity index (χ3v) is 4.62. The summed E-state index contributed by atoms with van der Waals surface area (Å²) in [6.07, 6.45) is 1.50. The average Bonchev–Trinajstić information content (AvgIpc) is 3.04. The van der Waals surface area contributed by atoms with Crippen molar-refractivity contribution in [2.24, 2.45) is 5.10 Å². The number of ether oxygens (including phenoxy) is 2. The van der Waals surface area contributed by atoms with E-state index in [1.165, 1.54) is 6.21 Å². The van der Waals surface area contributed by atoms with Crippen molar-refractivity contribution in [3.63, 3.8) is 0 Å². The molecule has 2 aromatic carbocycles. The first-order valence-corrected chi connectivity index (χ1v) is 9.04. The van der Waals surface area contributed by atoms with Gasteiger partial charge in [0.15, 0.2) is 17.3 Å². The van der Waals surface area contributed by atoms with Crippen LogP contribution in [0.15, 0.2) is 54.9 Å². The second-order valence-electron chi connectivity index (χ2n) is 5.23. The van der Waals surface area contributed by atoms with Gasteiger partial charge in [-0.15, -0.1) is 0 Å². The number of furan rings is 1. The Kier molecular flexibility index (Phi) is 5.63. The van der Waals surface area contributed by atoms with Gasteiger partial charge in [0.1, 0.15) is 5.58 Å². The summed E-state index contributed by atoms with van der Waals surface area (Å²) in [6, 6.07) is 10.7. The van der Waals surface area contributed by atoms with E-state index in [1.54, 1.807) is 38.5 Å². The van der Waals surface area contributed by atoms with Gasteiger partial charge in [-0.2, -0.15) is 5.10 Å². The van der Waals surface area contributed by atoms with E-state index in [2.05, 4.69) is 42.4 Å². The zero-order valence-corrected chi connectivity index (χ0v) is 17.0. The lowest BCUT2D eigenvalue weighted by Crippen LogP contribution is -2.16. The van der Waals surface area contributed by atoms with Crippen molar-refractivity contribution < 1.29 is 18.7 Å². The molecule has 0 aliphatic carbocycles. The van der Waals surface area contributed by atoms with E-state index in [0.717, 1.165) is 19.9 Å². The molecule has 0 unspecified atom stereocenters. The maximum absolute atomic E-state index is 12.2. The summed E-state index contributed by atoms with van der Waals surface area (Å²) >= 11 is 6.79. The van der Waals surface area contributed by atoms with E-state index in [0.29, 0.717) is 17.1 Å². The van der Waals surface area contributed by atoms with Crippen LogP contribution in [0.25, 0.3) is 11.0 Å². The summed E-state index contributed by atoms with van der Waals surface area (Å²) < 4.78 is 17.7. The quantitative estimate of drug-likeness (QED) is 0.422. The molecule has 1 N–H and O–H groups in total. The molecule has 0 radical (unpaired) electrons. The van der Waals surface area contributed by atoms with Gasteiger partial charge in [-0.25, -0.2) is 5.43 Å². The van der Waals surface area contributed by atoms with Gasteiger partial charge < -0.3 is 13.9 Å². The number of carbonyl (C=O) groups is 1. The molecule has 0 bridgehead atoms. The second kappa shape index (κ2) is 7.92. The van der Waals surface area contributed by atoms with Crippen LogP contribution in [0.2, 0.25) is 0 Å². The summed E-state index contributed by atoms with van der Waals surface area (Å²) in [4.78, 5) is 12.2. The lowest BCUT2D eigenvalue weighted by atomic mass is 10.2. The Labute approximate surface area is 166 Å². The summed E-state index contributed by atoms with van der Waals surface area (Å²) in [6.45, 7) is 0. The van der Waals surface area contributed by atoms with Gasteiger partial charge in [0.2, 0.25) is 0 Å². The molecule has 134 valence electrons. The second-order valence-corrected chi connectivity index (χ2v) is 7.00. The Bertz CT molecular complexity index is 998. The minimum Gasteiger partial charge on any atom is -0.493 e. The predicted molar refractivity (Wildman–Crippen MR) is 106 cm³/mol. The summed E-state index contributed by atoms with van der Waals surface area (Å²) in [5.74, 6) is 0.886. The van der Waals surface area contributed by atoms with Gasteiger partial charge in [0.25, 0.3) is 0 Å². The number of hydrogen-bond acceptors (Lipinski definition) is 5. The lowest BCUT2D eigenvalue weighted by Gasteiger charge is -2.10. The molecule has 0 fully saturated rings. The summed E-state index contributed by atoms with van der Waals surface area (Å²) in [5, 5.41) is 4.80. The molecule has 1 aromatic heterocycles. The minimum absolute atomic E-state index is 0.184. The summed E-state index contributed by atoms with van der Waals surface area (Å²) in [7, 11) is 3.11. The Hall–Kier alpha value is -2.32. The van der Waals surface area contributed by atoms with E-state index in [4.69, 9.17) is 13.9 Å². The largest absolute Gasteiger partial charge is 0.493 e. The maximum atomic E-state index is 12.2. The van der Waals surface area contributed by atoms with Gasteiger partial charge in [0, 0.05) is 9.86 Å². The number of nitrogens with zero attached hydrogens (tertiary/aromatic N) is 1. The predicted octanol–water partition coefficient (Wildman–Crippen LogP) is 4.74. The van der Waals surface area contributed by atoms with E-state index in [1.807, 2.05) is 12.1 Å². The van der Waals surface area contributed by atoms with Gasteiger partial charge in [0.05, 0.1) is 24.9 Å². The van der Waals surface area contributed by atoms with Crippen LogP contribution in [-0.4, -0.2) is 26.3 Å². The van der Waals surface area contributed by atoms with Crippen molar-refractivity contribution in [3.05, 3.63) is 56.7 Å². The zero-order chi connectivity index (χ0) is 18.7. The van der Waals surface area contributed by atoms with E-state index >= 15 is 0 Å². The number of rotatable bonds is 5. The van der Waals surface area contributed by atoms with Crippen molar-refractivity contribution in [1.82, 2.24) is 5.43 Å². The van der Waals surface area contributed by atoms with Gasteiger partial charge in [-0.1, -0.05) is 15.9 Å². The van der Waals surface area contributed by atoms with Crippen LogP contribution in [0, 0.1) is 0 Å². The van der Waals surface area contributed by atoms with Crippen LogP contribution < -0.4 is 14.9 Å². The molecule has 1 heterocycles. The fourth-order valence-corrected chi connectivity index (χ4v) is 3.36. The van der Waals surface area contributed by atoms with E-state index in [-0.39, 0.29) is 5.76 Å². The molecule has 0 saturated heterocycles. The van der Waals surface area contributed by atoms with Crippen LogP contribution >= 0.6 is 31.9 Å². The fourth-order valence-electron chi connectivity index (χ4n) is 2.36.